The number of hydrogen-bond acceptors (Lipinski definition) is 3. The highest BCUT2D eigenvalue weighted by Crippen LogP contribution is 2.08. The van der Waals surface area contributed by atoms with Crippen LogP contribution in [0, 0.1) is 6.92 Å². The predicted octanol–water partition coefficient (Wildman–Crippen LogP) is 2.07. The van der Waals surface area contributed by atoms with Crippen LogP contribution in [-0.2, 0) is 17.8 Å². The van der Waals surface area contributed by atoms with Gasteiger partial charge in [-0.25, -0.2) is 9.78 Å². The zero-order valence-electron chi connectivity index (χ0n) is 13.9. The van der Waals surface area contributed by atoms with Crippen molar-refractivity contribution in [2.45, 2.75) is 33.0 Å². The maximum absolute atomic E-state index is 11.8. The van der Waals surface area contributed by atoms with Crippen LogP contribution in [0.3, 0.4) is 0 Å². The molecule has 0 spiro atoms. The SMILES string of the molecule is COCC(C)NC(=O)NCc1cccc(Cn2ccnc2C)c1. The van der Waals surface area contributed by atoms with Crippen LogP contribution in [-0.4, -0.2) is 35.3 Å². The summed E-state index contributed by atoms with van der Waals surface area (Å²) in [5.41, 5.74) is 2.24. The predicted molar refractivity (Wildman–Crippen MR) is 89.2 cm³/mol. The molecule has 0 aliphatic carbocycles. The Hall–Kier alpha value is -2.34. The van der Waals surface area contributed by atoms with Gasteiger partial charge in [-0.2, -0.15) is 0 Å². The van der Waals surface area contributed by atoms with Gasteiger partial charge in [0.25, 0.3) is 0 Å². The van der Waals surface area contributed by atoms with Crippen molar-refractivity contribution in [3.8, 4) is 0 Å². The van der Waals surface area contributed by atoms with Crippen molar-refractivity contribution in [2.75, 3.05) is 13.7 Å². The highest BCUT2D eigenvalue weighted by atomic mass is 16.5. The number of ether oxygens (including phenoxy) is 1. The van der Waals surface area contributed by atoms with E-state index < -0.39 is 0 Å². The summed E-state index contributed by atoms with van der Waals surface area (Å²) in [6.45, 7) is 5.64. The smallest absolute Gasteiger partial charge is 0.315 e. The summed E-state index contributed by atoms with van der Waals surface area (Å²) in [4.78, 5) is 16.0. The zero-order chi connectivity index (χ0) is 16.7. The lowest BCUT2D eigenvalue weighted by Gasteiger charge is -2.14. The molecule has 1 unspecified atom stereocenters. The monoisotopic (exact) mass is 316 g/mol. The number of benzene rings is 1. The van der Waals surface area contributed by atoms with Crippen LogP contribution >= 0.6 is 0 Å². The van der Waals surface area contributed by atoms with Crippen molar-refractivity contribution in [3.05, 3.63) is 53.6 Å². The molecule has 0 saturated carbocycles. The number of nitrogens with one attached hydrogen (secondary N) is 2. The minimum atomic E-state index is -0.189. The number of hydrogen-bond donors (Lipinski definition) is 2. The molecule has 6 heteroatoms. The topological polar surface area (TPSA) is 68.2 Å². The highest BCUT2D eigenvalue weighted by Gasteiger charge is 2.06. The van der Waals surface area contributed by atoms with Crippen LogP contribution in [0.1, 0.15) is 23.9 Å². The molecule has 0 saturated heterocycles. The lowest BCUT2D eigenvalue weighted by atomic mass is 10.1. The number of carbonyl (C=O) groups excluding carboxylic acids is 1. The van der Waals surface area contributed by atoms with Crippen molar-refractivity contribution in [3.63, 3.8) is 0 Å². The largest absolute Gasteiger partial charge is 0.383 e. The summed E-state index contributed by atoms with van der Waals surface area (Å²) in [7, 11) is 1.61. The number of aromatic nitrogens is 2. The van der Waals surface area contributed by atoms with E-state index in [2.05, 4.69) is 32.3 Å². The van der Waals surface area contributed by atoms with Crippen molar-refractivity contribution in [2.24, 2.45) is 0 Å². The molecule has 2 rings (SSSR count). The molecule has 2 aromatic rings. The second kappa shape index (κ2) is 8.33. The summed E-state index contributed by atoms with van der Waals surface area (Å²) in [5.74, 6) is 0.986. The Kier molecular flexibility index (Phi) is 6.17. The minimum Gasteiger partial charge on any atom is -0.383 e. The zero-order valence-corrected chi connectivity index (χ0v) is 13.9. The lowest BCUT2D eigenvalue weighted by Crippen LogP contribution is -2.42. The van der Waals surface area contributed by atoms with E-state index in [1.165, 1.54) is 5.56 Å². The van der Waals surface area contributed by atoms with E-state index in [9.17, 15) is 4.79 Å². The van der Waals surface area contributed by atoms with E-state index in [0.29, 0.717) is 13.2 Å². The number of methoxy groups -OCH3 is 1. The van der Waals surface area contributed by atoms with Crippen molar-refractivity contribution in [1.82, 2.24) is 20.2 Å². The van der Waals surface area contributed by atoms with Gasteiger partial charge >= 0.3 is 6.03 Å². The van der Waals surface area contributed by atoms with Gasteiger partial charge in [0, 0.05) is 32.6 Å². The number of imidazole rings is 1. The summed E-state index contributed by atoms with van der Waals surface area (Å²) in [6.07, 6.45) is 3.76. The minimum absolute atomic E-state index is 0.0180. The van der Waals surface area contributed by atoms with Gasteiger partial charge in [0.05, 0.1) is 12.6 Å². The number of carbonyl (C=O) groups is 1. The van der Waals surface area contributed by atoms with E-state index in [4.69, 9.17) is 4.74 Å². The van der Waals surface area contributed by atoms with Gasteiger partial charge < -0.3 is 19.9 Å². The van der Waals surface area contributed by atoms with Gasteiger partial charge in [-0.05, 0) is 25.0 Å². The fraction of sp³-hybridized carbons (Fsp3) is 0.412. The van der Waals surface area contributed by atoms with Gasteiger partial charge in [0.2, 0.25) is 0 Å². The Balaban J connectivity index is 1.87. The number of amides is 2. The molecule has 2 amide bonds. The quantitative estimate of drug-likeness (QED) is 0.822. The summed E-state index contributed by atoms with van der Waals surface area (Å²) in [6, 6.07) is 7.97. The Bertz CT molecular complexity index is 639. The second-order valence-corrected chi connectivity index (χ2v) is 5.61. The molecule has 1 heterocycles. The Labute approximate surface area is 136 Å². The summed E-state index contributed by atoms with van der Waals surface area (Å²) in [5, 5.41) is 5.68. The van der Waals surface area contributed by atoms with Gasteiger partial charge in [-0.1, -0.05) is 24.3 Å². The fourth-order valence-corrected chi connectivity index (χ4v) is 2.35. The van der Waals surface area contributed by atoms with Crippen LogP contribution in [0.4, 0.5) is 4.79 Å². The standard InChI is InChI=1S/C17H24N4O2/c1-13(12-23-3)20-17(22)19-10-15-5-4-6-16(9-15)11-21-8-7-18-14(21)2/h4-9,13H,10-12H2,1-3H3,(H2,19,20,22). The third kappa shape index (κ3) is 5.41. The van der Waals surface area contributed by atoms with E-state index >= 15 is 0 Å². The molecular formula is C17H24N4O2. The Morgan fingerprint density at radius 2 is 2.17 bits per heavy atom. The molecule has 2 N–H and O–H groups in total. The molecule has 6 nitrogen and oxygen atoms in total. The second-order valence-electron chi connectivity index (χ2n) is 5.61. The number of urea groups is 1. The van der Waals surface area contributed by atoms with Crippen LogP contribution in [0.2, 0.25) is 0 Å². The van der Waals surface area contributed by atoms with Crippen molar-refractivity contribution < 1.29 is 9.53 Å². The molecule has 1 aromatic heterocycles. The fourth-order valence-electron chi connectivity index (χ4n) is 2.35. The van der Waals surface area contributed by atoms with Crippen molar-refractivity contribution >= 4 is 6.03 Å². The number of aryl methyl sites for hydroxylation is 1. The highest BCUT2D eigenvalue weighted by molar-refractivity contribution is 5.74. The Morgan fingerprint density at radius 3 is 2.87 bits per heavy atom. The third-order valence-corrected chi connectivity index (χ3v) is 3.52. The number of nitrogens with zero attached hydrogens (tertiary/aromatic N) is 2. The summed E-state index contributed by atoms with van der Waals surface area (Å²) >= 11 is 0. The maximum Gasteiger partial charge on any atom is 0.315 e. The van der Waals surface area contributed by atoms with E-state index in [1.807, 2.05) is 32.2 Å². The van der Waals surface area contributed by atoms with E-state index in [0.717, 1.165) is 17.9 Å². The molecular weight excluding hydrogens is 292 g/mol. The summed E-state index contributed by atoms with van der Waals surface area (Å²) < 4.78 is 7.08. The lowest BCUT2D eigenvalue weighted by molar-refractivity contribution is 0.171. The first kappa shape index (κ1) is 17.0. The average molecular weight is 316 g/mol. The number of rotatable bonds is 7. The van der Waals surface area contributed by atoms with Gasteiger partial charge in [0.15, 0.2) is 0 Å². The van der Waals surface area contributed by atoms with Gasteiger partial charge in [-0.3, -0.25) is 0 Å². The molecule has 0 aliphatic heterocycles. The molecule has 124 valence electrons. The molecule has 1 aromatic carbocycles. The van der Waals surface area contributed by atoms with Gasteiger partial charge in [0.1, 0.15) is 5.82 Å². The average Bonchev–Trinajstić information content (AvgIpc) is 2.91. The van der Waals surface area contributed by atoms with Crippen LogP contribution in [0.25, 0.3) is 0 Å². The molecule has 23 heavy (non-hydrogen) atoms. The van der Waals surface area contributed by atoms with Crippen molar-refractivity contribution in [1.29, 1.82) is 0 Å². The molecule has 0 bridgehead atoms. The maximum atomic E-state index is 11.8. The van der Waals surface area contributed by atoms with E-state index in [1.54, 1.807) is 13.3 Å². The van der Waals surface area contributed by atoms with Crippen LogP contribution < -0.4 is 10.6 Å². The van der Waals surface area contributed by atoms with Crippen LogP contribution in [0.15, 0.2) is 36.7 Å². The van der Waals surface area contributed by atoms with E-state index in [-0.39, 0.29) is 12.1 Å². The molecule has 1 atom stereocenters. The normalized spacial score (nSPS) is 12.0. The van der Waals surface area contributed by atoms with Gasteiger partial charge in [-0.15, -0.1) is 0 Å². The first-order valence-corrected chi connectivity index (χ1v) is 7.67. The molecule has 0 fully saturated rings. The first-order valence-electron chi connectivity index (χ1n) is 7.67. The van der Waals surface area contributed by atoms with Crippen LogP contribution in [0.5, 0.6) is 0 Å². The third-order valence-electron chi connectivity index (χ3n) is 3.52. The Morgan fingerprint density at radius 1 is 1.39 bits per heavy atom. The molecule has 0 aliphatic rings. The first-order chi connectivity index (χ1) is 11.1. The molecule has 0 radical (unpaired) electrons.